The Kier molecular flexibility index (Phi) is 2.34. The second kappa shape index (κ2) is 3.53. The first-order valence-electron chi connectivity index (χ1n) is 5.17. The molecule has 0 saturated carbocycles. The van der Waals surface area contributed by atoms with Crippen molar-refractivity contribution in [3.8, 4) is 0 Å². The standard InChI is InChI=1S/C11H16N4/c1-7(2)4-10-13-14-11-8(3)5-9(12)6-15(10)11/h5-7H,4,12H2,1-3H3. The monoisotopic (exact) mass is 204 g/mol. The molecule has 2 aromatic heterocycles. The fourth-order valence-electron chi connectivity index (χ4n) is 1.73. The van der Waals surface area contributed by atoms with Crippen LogP contribution in [0.2, 0.25) is 0 Å². The lowest BCUT2D eigenvalue weighted by molar-refractivity contribution is 0.616. The summed E-state index contributed by atoms with van der Waals surface area (Å²) < 4.78 is 1.99. The molecule has 2 N–H and O–H groups in total. The highest BCUT2D eigenvalue weighted by molar-refractivity contribution is 5.54. The van der Waals surface area contributed by atoms with E-state index in [1.807, 2.05) is 23.6 Å². The van der Waals surface area contributed by atoms with E-state index in [0.717, 1.165) is 29.1 Å². The van der Waals surface area contributed by atoms with Crippen LogP contribution < -0.4 is 5.73 Å². The van der Waals surface area contributed by atoms with Crippen LogP contribution in [0.3, 0.4) is 0 Å². The summed E-state index contributed by atoms with van der Waals surface area (Å²) in [6, 6.07) is 1.92. The van der Waals surface area contributed by atoms with Gasteiger partial charge in [-0.05, 0) is 24.5 Å². The van der Waals surface area contributed by atoms with Crippen molar-refractivity contribution in [2.75, 3.05) is 5.73 Å². The van der Waals surface area contributed by atoms with Crippen LogP contribution in [-0.2, 0) is 6.42 Å². The van der Waals surface area contributed by atoms with Crippen LogP contribution in [0.15, 0.2) is 12.3 Å². The molecule has 0 atom stereocenters. The van der Waals surface area contributed by atoms with Gasteiger partial charge in [0.2, 0.25) is 0 Å². The molecule has 0 aromatic carbocycles. The summed E-state index contributed by atoms with van der Waals surface area (Å²) in [6.45, 7) is 6.33. The fraction of sp³-hybridized carbons (Fsp3) is 0.455. The summed E-state index contributed by atoms with van der Waals surface area (Å²) in [6.07, 6.45) is 2.81. The third kappa shape index (κ3) is 1.79. The lowest BCUT2D eigenvalue weighted by Crippen LogP contribution is -2.02. The fourth-order valence-corrected chi connectivity index (χ4v) is 1.73. The zero-order chi connectivity index (χ0) is 11.0. The van der Waals surface area contributed by atoms with Crippen LogP contribution in [0.4, 0.5) is 5.69 Å². The van der Waals surface area contributed by atoms with Crippen molar-refractivity contribution in [1.82, 2.24) is 14.6 Å². The molecule has 0 aliphatic rings. The van der Waals surface area contributed by atoms with Crippen molar-refractivity contribution in [3.05, 3.63) is 23.7 Å². The van der Waals surface area contributed by atoms with E-state index in [4.69, 9.17) is 5.73 Å². The molecule has 0 aliphatic carbocycles. The van der Waals surface area contributed by atoms with Gasteiger partial charge in [-0.1, -0.05) is 13.8 Å². The van der Waals surface area contributed by atoms with Gasteiger partial charge in [-0.2, -0.15) is 0 Å². The molecule has 2 aromatic rings. The van der Waals surface area contributed by atoms with E-state index in [-0.39, 0.29) is 0 Å². The topological polar surface area (TPSA) is 56.2 Å². The number of aromatic nitrogens is 3. The largest absolute Gasteiger partial charge is 0.398 e. The highest BCUT2D eigenvalue weighted by atomic mass is 15.2. The van der Waals surface area contributed by atoms with Crippen molar-refractivity contribution in [2.45, 2.75) is 27.2 Å². The van der Waals surface area contributed by atoms with E-state index in [2.05, 4.69) is 24.0 Å². The molecule has 0 fully saturated rings. The van der Waals surface area contributed by atoms with Crippen LogP contribution >= 0.6 is 0 Å². The highest BCUT2D eigenvalue weighted by Gasteiger charge is 2.09. The van der Waals surface area contributed by atoms with Gasteiger partial charge in [-0.3, -0.25) is 4.40 Å². The predicted molar refractivity (Wildman–Crippen MR) is 60.7 cm³/mol. The molecule has 4 nitrogen and oxygen atoms in total. The van der Waals surface area contributed by atoms with E-state index in [1.165, 1.54) is 0 Å². The van der Waals surface area contributed by atoms with Crippen molar-refractivity contribution in [1.29, 1.82) is 0 Å². The van der Waals surface area contributed by atoms with E-state index in [9.17, 15) is 0 Å². The van der Waals surface area contributed by atoms with Crippen LogP contribution in [-0.4, -0.2) is 14.6 Å². The van der Waals surface area contributed by atoms with Gasteiger partial charge < -0.3 is 5.73 Å². The first-order valence-corrected chi connectivity index (χ1v) is 5.17. The molecule has 0 aliphatic heterocycles. The van der Waals surface area contributed by atoms with Crippen molar-refractivity contribution < 1.29 is 0 Å². The van der Waals surface area contributed by atoms with Crippen molar-refractivity contribution in [2.24, 2.45) is 5.92 Å². The Morgan fingerprint density at radius 3 is 2.80 bits per heavy atom. The van der Waals surface area contributed by atoms with Crippen LogP contribution in [0.1, 0.15) is 25.2 Å². The predicted octanol–water partition coefficient (Wildman–Crippen LogP) is 1.82. The van der Waals surface area contributed by atoms with Crippen molar-refractivity contribution >= 4 is 11.3 Å². The van der Waals surface area contributed by atoms with Crippen LogP contribution in [0, 0.1) is 12.8 Å². The smallest absolute Gasteiger partial charge is 0.163 e. The van der Waals surface area contributed by atoms with Crippen LogP contribution in [0.25, 0.3) is 5.65 Å². The molecule has 15 heavy (non-hydrogen) atoms. The molecule has 0 unspecified atom stereocenters. The highest BCUT2D eigenvalue weighted by Crippen LogP contribution is 2.15. The quantitative estimate of drug-likeness (QED) is 0.811. The third-order valence-electron chi connectivity index (χ3n) is 2.37. The van der Waals surface area contributed by atoms with Gasteiger partial charge in [0.15, 0.2) is 5.65 Å². The van der Waals surface area contributed by atoms with E-state index >= 15 is 0 Å². The maximum Gasteiger partial charge on any atom is 0.163 e. The number of aryl methyl sites for hydroxylation is 1. The molecule has 0 amide bonds. The summed E-state index contributed by atoms with van der Waals surface area (Å²) in [4.78, 5) is 0. The summed E-state index contributed by atoms with van der Waals surface area (Å²) in [5.41, 5.74) is 8.53. The lowest BCUT2D eigenvalue weighted by Gasteiger charge is -2.04. The van der Waals surface area contributed by atoms with Gasteiger partial charge in [-0.25, -0.2) is 0 Å². The summed E-state index contributed by atoms with van der Waals surface area (Å²) in [5, 5.41) is 8.36. The van der Waals surface area contributed by atoms with Gasteiger partial charge >= 0.3 is 0 Å². The number of nitrogens with zero attached hydrogens (tertiary/aromatic N) is 3. The SMILES string of the molecule is Cc1cc(N)cn2c(CC(C)C)nnc12. The molecule has 2 heterocycles. The third-order valence-corrected chi connectivity index (χ3v) is 2.37. The number of anilines is 1. The van der Waals surface area contributed by atoms with E-state index < -0.39 is 0 Å². The normalized spacial score (nSPS) is 11.5. The number of hydrogen-bond acceptors (Lipinski definition) is 3. The molecule has 0 saturated heterocycles. The lowest BCUT2D eigenvalue weighted by atomic mass is 10.1. The number of nitrogen functional groups attached to an aromatic ring is 1. The number of hydrogen-bond donors (Lipinski definition) is 1. The van der Waals surface area contributed by atoms with Gasteiger partial charge in [0.25, 0.3) is 0 Å². The first-order chi connectivity index (χ1) is 7.08. The minimum Gasteiger partial charge on any atom is -0.398 e. The molecular formula is C11H16N4. The molecule has 0 bridgehead atoms. The summed E-state index contributed by atoms with van der Waals surface area (Å²) >= 11 is 0. The minimum absolute atomic E-state index is 0.569. The molecule has 4 heteroatoms. The Morgan fingerprint density at radius 2 is 2.13 bits per heavy atom. The Bertz CT molecular complexity index is 485. The molecule has 0 radical (unpaired) electrons. The summed E-state index contributed by atoms with van der Waals surface area (Å²) in [5.74, 6) is 1.55. The second-order valence-corrected chi connectivity index (χ2v) is 4.36. The number of pyridine rings is 1. The average Bonchev–Trinajstić information content (AvgIpc) is 2.48. The van der Waals surface area contributed by atoms with Gasteiger partial charge in [-0.15, -0.1) is 10.2 Å². The zero-order valence-electron chi connectivity index (χ0n) is 9.36. The Balaban J connectivity index is 2.58. The molecule has 80 valence electrons. The Morgan fingerprint density at radius 1 is 1.40 bits per heavy atom. The number of rotatable bonds is 2. The maximum atomic E-state index is 5.81. The maximum absolute atomic E-state index is 5.81. The van der Waals surface area contributed by atoms with Crippen LogP contribution in [0.5, 0.6) is 0 Å². The van der Waals surface area contributed by atoms with Gasteiger partial charge in [0.05, 0.1) is 0 Å². The average molecular weight is 204 g/mol. The first kappa shape index (κ1) is 9.96. The summed E-state index contributed by atoms with van der Waals surface area (Å²) in [7, 11) is 0. The van der Waals surface area contributed by atoms with E-state index in [1.54, 1.807) is 0 Å². The van der Waals surface area contributed by atoms with Crippen molar-refractivity contribution in [3.63, 3.8) is 0 Å². The van der Waals surface area contributed by atoms with E-state index in [0.29, 0.717) is 5.92 Å². The minimum atomic E-state index is 0.569. The molecule has 0 spiro atoms. The second-order valence-electron chi connectivity index (χ2n) is 4.36. The molecule has 2 rings (SSSR count). The Labute approximate surface area is 89.1 Å². The zero-order valence-corrected chi connectivity index (χ0v) is 9.36. The van der Waals surface area contributed by atoms with Gasteiger partial charge in [0.1, 0.15) is 5.82 Å². The number of fused-ring (bicyclic) bond motifs is 1. The van der Waals surface area contributed by atoms with Gasteiger partial charge in [0, 0.05) is 18.3 Å². The Hall–Kier alpha value is -1.58. The molecular weight excluding hydrogens is 188 g/mol. The number of nitrogens with two attached hydrogens (primary N) is 1.